The number of para-hydroxylation sites is 1. The Bertz CT molecular complexity index is 885. The maximum absolute atomic E-state index is 12.6. The van der Waals surface area contributed by atoms with Crippen LogP contribution in [0.25, 0.3) is 10.9 Å². The molecule has 5 nitrogen and oxygen atoms in total. The van der Waals surface area contributed by atoms with Crippen molar-refractivity contribution in [1.29, 1.82) is 0 Å². The molecule has 0 aliphatic carbocycles. The van der Waals surface area contributed by atoms with Gasteiger partial charge in [-0.3, -0.25) is 4.79 Å². The molecule has 0 spiro atoms. The Morgan fingerprint density at radius 1 is 1.20 bits per heavy atom. The number of H-pyrrole nitrogens is 1. The maximum Gasteiger partial charge on any atom is 0.257 e. The molecule has 0 saturated carbocycles. The summed E-state index contributed by atoms with van der Waals surface area (Å²) in [7, 11) is 1.76. The molecule has 25 heavy (non-hydrogen) atoms. The topological polar surface area (TPSA) is 57.4 Å². The monoisotopic (exact) mass is 335 g/mol. The summed E-state index contributed by atoms with van der Waals surface area (Å²) in [6, 6.07) is 15.8. The lowest BCUT2D eigenvalue weighted by molar-refractivity contribution is 0.102. The fraction of sp³-hybridized carbons (Fsp3) is 0.250. The van der Waals surface area contributed by atoms with Crippen molar-refractivity contribution in [2.75, 3.05) is 30.4 Å². The quantitative estimate of drug-likeness (QED) is 0.765. The summed E-state index contributed by atoms with van der Waals surface area (Å²) >= 11 is 0. The molecule has 1 aliphatic heterocycles. The lowest BCUT2D eigenvalue weighted by atomic mass is 10.1. The largest absolute Gasteiger partial charge is 0.380 e. The number of rotatable bonds is 4. The van der Waals surface area contributed by atoms with Crippen LogP contribution in [-0.4, -0.2) is 37.2 Å². The van der Waals surface area contributed by atoms with Crippen molar-refractivity contribution >= 4 is 28.2 Å². The first-order chi connectivity index (χ1) is 12.2. The van der Waals surface area contributed by atoms with E-state index in [0.717, 1.165) is 41.8 Å². The number of benzene rings is 2. The third-order valence-corrected chi connectivity index (χ3v) is 4.80. The molecule has 1 saturated heterocycles. The molecule has 3 aromatic rings. The minimum Gasteiger partial charge on any atom is -0.380 e. The van der Waals surface area contributed by atoms with Crippen molar-refractivity contribution < 1.29 is 9.53 Å². The van der Waals surface area contributed by atoms with Gasteiger partial charge in [0.25, 0.3) is 5.91 Å². The molecule has 1 atom stereocenters. The number of carbonyl (C=O) groups excluding carboxylic acids is 1. The zero-order valence-electron chi connectivity index (χ0n) is 14.2. The van der Waals surface area contributed by atoms with Crippen LogP contribution in [0.2, 0.25) is 0 Å². The van der Waals surface area contributed by atoms with E-state index < -0.39 is 0 Å². The third-order valence-electron chi connectivity index (χ3n) is 4.80. The number of ether oxygens (including phenoxy) is 1. The molecule has 2 heterocycles. The van der Waals surface area contributed by atoms with Crippen LogP contribution in [0.4, 0.5) is 11.4 Å². The van der Waals surface area contributed by atoms with Crippen molar-refractivity contribution in [3.05, 3.63) is 60.3 Å². The first kappa shape index (κ1) is 15.7. The molecule has 2 N–H and O–H groups in total. The molecule has 0 radical (unpaired) electrons. The van der Waals surface area contributed by atoms with Gasteiger partial charge in [0.05, 0.1) is 11.7 Å². The van der Waals surface area contributed by atoms with Gasteiger partial charge in [0.15, 0.2) is 0 Å². The molecule has 1 fully saturated rings. The van der Waals surface area contributed by atoms with E-state index in [1.165, 1.54) is 0 Å². The second-order valence-corrected chi connectivity index (χ2v) is 6.34. The lowest BCUT2D eigenvalue weighted by Gasteiger charge is -2.18. The summed E-state index contributed by atoms with van der Waals surface area (Å²) in [6.07, 6.45) is 3.11. The second kappa shape index (κ2) is 6.61. The van der Waals surface area contributed by atoms with Crippen LogP contribution in [0, 0.1) is 0 Å². The van der Waals surface area contributed by atoms with E-state index in [-0.39, 0.29) is 5.91 Å². The number of amides is 1. The Balaban J connectivity index is 1.47. The van der Waals surface area contributed by atoms with Crippen LogP contribution in [0.3, 0.4) is 0 Å². The van der Waals surface area contributed by atoms with Crippen LogP contribution in [-0.2, 0) is 4.74 Å². The number of aromatic amines is 1. The average molecular weight is 335 g/mol. The number of carbonyl (C=O) groups is 1. The Morgan fingerprint density at radius 3 is 2.76 bits per heavy atom. The minimum atomic E-state index is -0.106. The third kappa shape index (κ3) is 3.10. The summed E-state index contributed by atoms with van der Waals surface area (Å²) < 4.78 is 5.41. The van der Waals surface area contributed by atoms with Gasteiger partial charge in [-0.2, -0.15) is 0 Å². The van der Waals surface area contributed by atoms with E-state index in [4.69, 9.17) is 4.74 Å². The van der Waals surface area contributed by atoms with E-state index in [9.17, 15) is 4.79 Å². The summed E-state index contributed by atoms with van der Waals surface area (Å²) in [5.74, 6) is -0.106. The van der Waals surface area contributed by atoms with Gasteiger partial charge in [-0.1, -0.05) is 18.2 Å². The minimum absolute atomic E-state index is 0.106. The van der Waals surface area contributed by atoms with Crippen LogP contribution in [0.1, 0.15) is 16.8 Å². The van der Waals surface area contributed by atoms with Crippen LogP contribution < -0.4 is 10.2 Å². The average Bonchev–Trinajstić information content (AvgIpc) is 3.29. The maximum atomic E-state index is 12.6. The fourth-order valence-corrected chi connectivity index (χ4v) is 3.37. The van der Waals surface area contributed by atoms with Gasteiger partial charge in [-0.25, -0.2) is 0 Å². The highest BCUT2D eigenvalue weighted by molar-refractivity contribution is 6.12. The van der Waals surface area contributed by atoms with Crippen molar-refractivity contribution in [1.82, 2.24) is 4.98 Å². The van der Waals surface area contributed by atoms with E-state index in [1.54, 1.807) is 13.3 Å². The SMILES string of the molecule is CO[C@H]1CCN(c2ccc(NC(=O)c3c[nH]c4ccccc34)cc2)C1. The highest BCUT2D eigenvalue weighted by Crippen LogP contribution is 2.24. The highest BCUT2D eigenvalue weighted by atomic mass is 16.5. The molecule has 5 heteroatoms. The van der Waals surface area contributed by atoms with Crippen LogP contribution >= 0.6 is 0 Å². The first-order valence-electron chi connectivity index (χ1n) is 8.50. The predicted octanol–water partition coefficient (Wildman–Crippen LogP) is 3.65. The van der Waals surface area contributed by atoms with Gasteiger partial charge in [0.2, 0.25) is 0 Å². The van der Waals surface area contributed by atoms with Gasteiger partial charge < -0.3 is 19.9 Å². The van der Waals surface area contributed by atoms with Crippen LogP contribution in [0.15, 0.2) is 54.7 Å². The summed E-state index contributed by atoms with van der Waals surface area (Å²) in [5, 5.41) is 3.90. The smallest absolute Gasteiger partial charge is 0.257 e. The fourth-order valence-electron chi connectivity index (χ4n) is 3.37. The Labute approximate surface area is 146 Å². The summed E-state index contributed by atoms with van der Waals surface area (Å²) in [4.78, 5) is 18.0. The van der Waals surface area contributed by atoms with Gasteiger partial charge in [0, 0.05) is 48.7 Å². The van der Waals surface area contributed by atoms with Crippen molar-refractivity contribution in [3.8, 4) is 0 Å². The van der Waals surface area contributed by atoms with E-state index >= 15 is 0 Å². The lowest BCUT2D eigenvalue weighted by Crippen LogP contribution is -2.22. The summed E-state index contributed by atoms with van der Waals surface area (Å²) in [6.45, 7) is 1.91. The van der Waals surface area contributed by atoms with E-state index in [2.05, 4.69) is 15.2 Å². The van der Waals surface area contributed by atoms with Crippen molar-refractivity contribution in [3.63, 3.8) is 0 Å². The second-order valence-electron chi connectivity index (χ2n) is 6.34. The molecule has 2 aromatic carbocycles. The zero-order valence-corrected chi connectivity index (χ0v) is 14.2. The van der Waals surface area contributed by atoms with Gasteiger partial charge >= 0.3 is 0 Å². The van der Waals surface area contributed by atoms with Crippen molar-refractivity contribution in [2.45, 2.75) is 12.5 Å². The number of methoxy groups -OCH3 is 1. The number of anilines is 2. The molecule has 1 amide bonds. The van der Waals surface area contributed by atoms with Crippen molar-refractivity contribution in [2.24, 2.45) is 0 Å². The highest BCUT2D eigenvalue weighted by Gasteiger charge is 2.22. The summed E-state index contributed by atoms with van der Waals surface area (Å²) in [5.41, 5.74) is 3.57. The Kier molecular flexibility index (Phi) is 4.15. The number of nitrogens with zero attached hydrogens (tertiary/aromatic N) is 1. The molecular weight excluding hydrogens is 314 g/mol. The number of nitrogens with one attached hydrogen (secondary N) is 2. The molecule has 1 aromatic heterocycles. The number of aromatic nitrogens is 1. The van der Waals surface area contributed by atoms with Crippen LogP contribution in [0.5, 0.6) is 0 Å². The van der Waals surface area contributed by atoms with E-state index in [1.807, 2.05) is 48.5 Å². The number of hydrogen-bond acceptors (Lipinski definition) is 3. The normalized spacial score (nSPS) is 17.2. The molecule has 1 aliphatic rings. The van der Waals surface area contributed by atoms with Gasteiger partial charge in [-0.05, 0) is 36.8 Å². The standard InChI is InChI=1S/C20H21N3O2/c1-25-16-10-11-23(13-16)15-8-6-14(7-9-15)22-20(24)18-12-21-19-5-3-2-4-17(18)19/h2-9,12,16,21H,10-11,13H2,1H3,(H,22,24)/t16-/m0/s1. The zero-order chi connectivity index (χ0) is 17.2. The number of hydrogen-bond donors (Lipinski definition) is 2. The first-order valence-corrected chi connectivity index (χ1v) is 8.50. The molecule has 128 valence electrons. The predicted molar refractivity (Wildman–Crippen MR) is 100 cm³/mol. The Hall–Kier alpha value is -2.79. The number of fused-ring (bicyclic) bond motifs is 1. The van der Waals surface area contributed by atoms with E-state index in [0.29, 0.717) is 11.7 Å². The molecular formula is C20H21N3O2. The van der Waals surface area contributed by atoms with Gasteiger partial charge in [-0.15, -0.1) is 0 Å². The molecule has 0 unspecified atom stereocenters. The van der Waals surface area contributed by atoms with Gasteiger partial charge in [0.1, 0.15) is 0 Å². The molecule has 4 rings (SSSR count). The Morgan fingerprint density at radius 2 is 2.00 bits per heavy atom. The molecule has 0 bridgehead atoms.